The molecular formula is C24H21NO2. The van der Waals surface area contributed by atoms with Gasteiger partial charge in [0.25, 0.3) is 0 Å². The topological polar surface area (TPSA) is 46.5 Å². The van der Waals surface area contributed by atoms with Crippen LogP contribution in [0.15, 0.2) is 65.2 Å². The molecule has 3 heteroatoms. The quantitative estimate of drug-likeness (QED) is 0.735. The van der Waals surface area contributed by atoms with Crippen molar-refractivity contribution in [1.29, 1.82) is 0 Å². The van der Waals surface area contributed by atoms with Crippen molar-refractivity contribution in [3.05, 3.63) is 76.9 Å². The molecule has 0 saturated heterocycles. The maximum Gasteiger partial charge on any atom is 0.192 e. The predicted molar refractivity (Wildman–Crippen MR) is 106 cm³/mol. The number of hydrogen-bond acceptors (Lipinski definition) is 3. The van der Waals surface area contributed by atoms with Crippen LogP contribution in [0.5, 0.6) is 0 Å². The summed E-state index contributed by atoms with van der Waals surface area (Å²) < 4.78 is 0. The van der Waals surface area contributed by atoms with Crippen LogP contribution in [0, 0.1) is 11.3 Å². The van der Waals surface area contributed by atoms with Crippen molar-refractivity contribution in [2.24, 2.45) is 16.3 Å². The summed E-state index contributed by atoms with van der Waals surface area (Å²) in [6.07, 6.45) is 1.32. The Kier molecular flexibility index (Phi) is 3.39. The largest absolute Gasteiger partial charge is 0.299 e. The predicted octanol–water partition coefficient (Wildman–Crippen LogP) is 4.84. The molecule has 1 saturated carbocycles. The van der Waals surface area contributed by atoms with Gasteiger partial charge in [0, 0.05) is 34.8 Å². The lowest BCUT2D eigenvalue weighted by Crippen LogP contribution is -2.43. The first-order valence-corrected chi connectivity index (χ1v) is 9.50. The van der Waals surface area contributed by atoms with Crippen LogP contribution in [0.4, 0.5) is 0 Å². The minimum Gasteiger partial charge on any atom is -0.299 e. The van der Waals surface area contributed by atoms with Gasteiger partial charge in [-0.15, -0.1) is 0 Å². The van der Waals surface area contributed by atoms with Crippen LogP contribution in [0.25, 0.3) is 5.70 Å². The van der Waals surface area contributed by atoms with Crippen molar-refractivity contribution >= 4 is 23.0 Å². The van der Waals surface area contributed by atoms with Crippen LogP contribution < -0.4 is 0 Å². The Morgan fingerprint density at radius 2 is 1.52 bits per heavy atom. The van der Waals surface area contributed by atoms with Crippen LogP contribution in [0.2, 0.25) is 0 Å². The Balaban J connectivity index is 1.76. The van der Waals surface area contributed by atoms with Gasteiger partial charge in [-0.05, 0) is 17.4 Å². The Bertz CT molecular complexity index is 1040. The van der Waals surface area contributed by atoms with Gasteiger partial charge in [0.2, 0.25) is 0 Å². The molecule has 0 aromatic heterocycles. The smallest absolute Gasteiger partial charge is 0.192 e. The van der Waals surface area contributed by atoms with Crippen LogP contribution in [-0.2, 0) is 4.79 Å². The van der Waals surface area contributed by atoms with E-state index >= 15 is 0 Å². The number of ketones is 2. The van der Waals surface area contributed by atoms with Gasteiger partial charge in [-0.1, -0.05) is 68.4 Å². The molecule has 2 atom stereocenters. The first-order valence-electron chi connectivity index (χ1n) is 9.50. The molecule has 0 radical (unpaired) electrons. The lowest BCUT2D eigenvalue weighted by molar-refractivity contribution is -0.124. The van der Waals surface area contributed by atoms with E-state index in [0.29, 0.717) is 17.6 Å². The number of rotatable bonds is 1. The highest BCUT2D eigenvalue weighted by Gasteiger charge is 2.49. The van der Waals surface area contributed by atoms with E-state index in [0.717, 1.165) is 29.0 Å². The van der Waals surface area contributed by atoms with Crippen molar-refractivity contribution in [1.82, 2.24) is 0 Å². The molecule has 0 N–H and O–H groups in total. The highest BCUT2D eigenvalue weighted by molar-refractivity contribution is 6.25. The van der Waals surface area contributed by atoms with Gasteiger partial charge >= 0.3 is 0 Å². The first kappa shape index (κ1) is 16.4. The highest BCUT2D eigenvalue weighted by atomic mass is 16.1. The first-order chi connectivity index (χ1) is 13.0. The van der Waals surface area contributed by atoms with Crippen molar-refractivity contribution in [2.75, 3.05) is 0 Å². The fourth-order valence-corrected chi connectivity index (χ4v) is 4.94. The number of nitrogens with zero attached hydrogens (tertiary/aromatic N) is 1. The zero-order valence-corrected chi connectivity index (χ0v) is 15.5. The Morgan fingerprint density at radius 1 is 0.852 bits per heavy atom. The van der Waals surface area contributed by atoms with Gasteiger partial charge in [-0.3, -0.25) is 14.6 Å². The van der Waals surface area contributed by atoms with E-state index in [-0.39, 0.29) is 28.8 Å². The van der Waals surface area contributed by atoms with Gasteiger partial charge in [0.05, 0.1) is 11.6 Å². The SMILES string of the molecule is CC1(C)CC(=O)C2C(=NC3=C(C(=O)c4ccccc43)[C@H]2c2ccccc2)C1. The maximum atomic E-state index is 13.3. The lowest BCUT2D eigenvalue weighted by atomic mass is 9.63. The zero-order chi connectivity index (χ0) is 18.8. The molecule has 1 unspecified atom stereocenters. The number of fused-ring (bicyclic) bond motifs is 3. The molecule has 2 aromatic carbocycles. The second-order valence-electron chi connectivity index (χ2n) is 8.59. The monoisotopic (exact) mass is 355 g/mol. The molecule has 27 heavy (non-hydrogen) atoms. The normalized spacial score (nSPS) is 25.6. The molecule has 0 amide bonds. The Morgan fingerprint density at radius 3 is 2.26 bits per heavy atom. The Hall–Kier alpha value is -2.81. The summed E-state index contributed by atoms with van der Waals surface area (Å²) in [6, 6.07) is 17.7. The van der Waals surface area contributed by atoms with Crippen LogP contribution in [0.1, 0.15) is 54.1 Å². The number of benzene rings is 2. The lowest BCUT2D eigenvalue weighted by Gasteiger charge is -2.40. The molecule has 2 aliphatic carbocycles. The van der Waals surface area contributed by atoms with Gasteiger partial charge in [0.15, 0.2) is 5.78 Å². The number of Topliss-reactive ketones (excluding diaryl/α,β-unsaturated/α-hetero) is 2. The molecule has 0 bridgehead atoms. The van der Waals surface area contributed by atoms with E-state index in [4.69, 9.17) is 4.99 Å². The number of carbonyl (C=O) groups is 2. The van der Waals surface area contributed by atoms with Crippen molar-refractivity contribution in [2.45, 2.75) is 32.6 Å². The van der Waals surface area contributed by atoms with Crippen LogP contribution >= 0.6 is 0 Å². The summed E-state index contributed by atoms with van der Waals surface area (Å²) in [5.74, 6) is -0.335. The fourth-order valence-electron chi connectivity index (χ4n) is 4.94. The number of allylic oxidation sites excluding steroid dienone is 1. The van der Waals surface area contributed by atoms with Gasteiger partial charge in [-0.2, -0.15) is 0 Å². The third-order valence-electron chi connectivity index (χ3n) is 6.00. The highest BCUT2D eigenvalue weighted by Crippen LogP contribution is 2.51. The standard InChI is InChI=1S/C24H21NO2/c1-24(2)12-17-20(18(26)13-24)19(14-8-4-3-5-9-14)21-22(25-17)15-10-6-7-11-16(15)23(21)27/h3-11,19-20H,12-13H2,1-2H3/t19-,20?/m0/s1. The summed E-state index contributed by atoms with van der Waals surface area (Å²) in [6.45, 7) is 4.25. The molecule has 5 rings (SSSR count). The number of aliphatic imine (C=N–C) groups is 1. The number of carbonyl (C=O) groups excluding carboxylic acids is 2. The number of hydrogen-bond donors (Lipinski definition) is 0. The molecule has 1 fully saturated rings. The van der Waals surface area contributed by atoms with E-state index in [1.807, 2.05) is 54.6 Å². The molecule has 3 nitrogen and oxygen atoms in total. The van der Waals surface area contributed by atoms with Gasteiger partial charge in [-0.25, -0.2) is 0 Å². The van der Waals surface area contributed by atoms with E-state index in [1.54, 1.807) is 0 Å². The fraction of sp³-hybridized carbons (Fsp3) is 0.292. The molecule has 0 spiro atoms. The van der Waals surface area contributed by atoms with E-state index in [9.17, 15) is 9.59 Å². The van der Waals surface area contributed by atoms with Gasteiger partial charge in [0.1, 0.15) is 5.78 Å². The molecular weight excluding hydrogens is 334 g/mol. The summed E-state index contributed by atoms with van der Waals surface area (Å²) >= 11 is 0. The molecule has 2 aromatic rings. The molecule has 1 aliphatic heterocycles. The van der Waals surface area contributed by atoms with Crippen molar-refractivity contribution in [3.63, 3.8) is 0 Å². The second kappa shape index (κ2) is 5.59. The summed E-state index contributed by atoms with van der Waals surface area (Å²) in [5, 5.41) is 0. The minimum absolute atomic E-state index is 0.0230. The third kappa shape index (κ3) is 2.38. The van der Waals surface area contributed by atoms with Crippen molar-refractivity contribution in [3.8, 4) is 0 Å². The van der Waals surface area contributed by atoms with E-state index in [1.165, 1.54) is 0 Å². The van der Waals surface area contributed by atoms with Crippen LogP contribution in [-0.4, -0.2) is 17.3 Å². The second-order valence-corrected chi connectivity index (χ2v) is 8.59. The summed E-state index contributed by atoms with van der Waals surface area (Å²) in [4.78, 5) is 31.4. The molecule has 134 valence electrons. The van der Waals surface area contributed by atoms with E-state index in [2.05, 4.69) is 13.8 Å². The van der Waals surface area contributed by atoms with E-state index < -0.39 is 0 Å². The summed E-state index contributed by atoms with van der Waals surface area (Å²) in [5.41, 5.74) is 4.96. The maximum absolute atomic E-state index is 13.3. The molecule has 3 aliphatic rings. The average Bonchev–Trinajstić information content (AvgIpc) is 2.92. The van der Waals surface area contributed by atoms with Crippen molar-refractivity contribution < 1.29 is 9.59 Å². The average molecular weight is 355 g/mol. The third-order valence-corrected chi connectivity index (χ3v) is 6.00. The Labute approximate surface area is 158 Å². The van der Waals surface area contributed by atoms with Crippen LogP contribution in [0.3, 0.4) is 0 Å². The molecule has 1 heterocycles. The van der Waals surface area contributed by atoms with Gasteiger partial charge < -0.3 is 0 Å². The summed E-state index contributed by atoms with van der Waals surface area (Å²) in [7, 11) is 0. The zero-order valence-electron chi connectivity index (χ0n) is 15.5. The minimum atomic E-state index is -0.322.